The molecule has 1 unspecified atom stereocenters. The van der Waals surface area contributed by atoms with E-state index in [1.54, 1.807) is 31.3 Å². The molecule has 0 saturated carbocycles. The lowest BCUT2D eigenvalue weighted by molar-refractivity contribution is -0.137. The number of hydrogen-bond donors (Lipinski definition) is 3. The zero-order valence-corrected chi connectivity index (χ0v) is 18.8. The smallest absolute Gasteiger partial charge is 0.343 e. The maximum atomic E-state index is 13.6. The lowest BCUT2D eigenvalue weighted by Crippen LogP contribution is -2.34. The molecular formula is C26H19F4N5O. The van der Waals surface area contributed by atoms with Gasteiger partial charge in [-0.05, 0) is 55.0 Å². The van der Waals surface area contributed by atoms with E-state index in [-0.39, 0.29) is 17.0 Å². The topological polar surface area (TPSA) is 82.2 Å². The minimum Gasteiger partial charge on any atom is -0.343 e. The van der Waals surface area contributed by atoms with Gasteiger partial charge in [0.1, 0.15) is 17.7 Å². The second-order valence-electron chi connectivity index (χ2n) is 8.30. The van der Waals surface area contributed by atoms with Gasteiger partial charge in [0.25, 0.3) is 5.91 Å². The lowest BCUT2D eigenvalue weighted by atomic mass is 9.94. The number of fused-ring (bicyclic) bond motifs is 1. The number of carbonyl (C=O) groups is 1. The summed E-state index contributed by atoms with van der Waals surface area (Å²) in [5.74, 6) is -0.747. The van der Waals surface area contributed by atoms with Gasteiger partial charge < -0.3 is 10.6 Å². The van der Waals surface area contributed by atoms with Gasteiger partial charge in [-0.2, -0.15) is 18.3 Å². The molecule has 36 heavy (non-hydrogen) atoms. The number of allylic oxidation sites excluding steroid dienone is 1. The largest absolute Gasteiger partial charge is 0.416 e. The van der Waals surface area contributed by atoms with Crippen LogP contribution in [0, 0.1) is 5.82 Å². The Kier molecular flexibility index (Phi) is 5.79. The van der Waals surface area contributed by atoms with Gasteiger partial charge in [-0.25, -0.2) is 4.39 Å². The van der Waals surface area contributed by atoms with E-state index < -0.39 is 29.5 Å². The predicted molar refractivity (Wildman–Crippen MR) is 128 cm³/mol. The first-order valence-corrected chi connectivity index (χ1v) is 10.9. The van der Waals surface area contributed by atoms with Crippen molar-refractivity contribution in [1.82, 2.24) is 15.5 Å². The Balaban J connectivity index is 1.53. The number of amidine groups is 1. The van der Waals surface area contributed by atoms with Gasteiger partial charge in [0.2, 0.25) is 0 Å². The lowest BCUT2D eigenvalue weighted by Gasteiger charge is -2.27. The molecule has 1 amide bonds. The molecule has 5 rings (SSSR count). The molecule has 6 nitrogen and oxygen atoms in total. The molecule has 1 atom stereocenters. The first kappa shape index (κ1) is 23.3. The predicted octanol–water partition coefficient (Wildman–Crippen LogP) is 5.72. The SMILES string of the molecule is CC1=C(C(=O)Nc2ccc3[nH]ncc3c2)C(c2ccc(F)cc2)N=C(c2cccc(C(F)(F)F)c2)N1. The Morgan fingerprint density at radius 2 is 1.81 bits per heavy atom. The van der Waals surface area contributed by atoms with Gasteiger partial charge >= 0.3 is 6.18 Å². The second-order valence-corrected chi connectivity index (χ2v) is 8.30. The molecule has 10 heteroatoms. The van der Waals surface area contributed by atoms with Crippen molar-refractivity contribution < 1.29 is 22.4 Å². The van der Waals surface area contributed by atoms with Crippen molar-refractivity contribution in [2.24, 2.45) is 4.99 Å². The van der Waals surface area contributed by atoms with Gasteiger partial charge in [0.15, 0.2) is 0 Å². The molecule has 1 aromatic heterocycles. The summed E-state index contributed by atoms with van der Waals surface area (Å²) >= 11 is 0. The van der Waals surface area contributed by atoms with Crippen LogP contribution in [0.5, 0.6) is 0 Å². The fraction of sp³-hybridized carbons (Fsp3) is 0.115. The fourth-order valence-corrected chi connectivity index (χ4v) is 4.07. The third kappa shape index (κ3) is 4.57. The number of hydrogen-bond acceptors (Lipinski definition) is 4. The van der Waals surface area contributed by atoms with Crippen LogP contribution in [0.1, 0.15) is 29.7 Å². The Morgan fingerprint density at radius 3 is 2.56 bits per heavy atom. The third-order valence-corrected chi connectivity index (χ3v) is 5.83. The molecule has 0 fully saturated rings. The zero-order valence-electron chi connectivity index (χ0n) is 18.8. The van der Waals surface area contributed by atoms with E-state index in [0.717, 1.165) is 23.0 Å². The van der Waals surface area contributed by atoms with Crippen molar-refractivity contribution in [3.05, 3.63) is 107 Å². The molecule has 0 radical (unpaired) electrons. The number of nitrogens with zero attached hydrogens (tertiary/aromatic N) is 2. The van der Waals surface area contributed by atoms with Crippen molar-refractivity contribution in [1.29, 1.82) is 0 Å². The van der Waals surface area contributed by atoms with Crippen LogP contribution in [0.2, 0.25) is 0 Å². The van der Waals surface area contributed by atoms with Crippen LogP contribution in [-0.4, -0.2) is 21.9 Å². The first-order valence-electron chi connectivity index (χ1n) is 10.9. The summed E-state index contributed by atoms with van der Waals surface area (Å²) < 4.78 is 53.5. The number of nitrogens with one attached hydrogen (secondary N) is 3. The Morgan fingerprint density at radius 1 is 1.03 bits per heavy atom. The standard InChI is InChI=1S/C26H19F4N5O/c1-14-22(25(36)33-20-9-10-21-17(12-20)13-31-35-21)23(15-5-7-19(27)8-6-15)34-24(32-14)16-3-2-4-18(11-16)26(28,29)30/h2-13,23H,1H3,(H,31,35)(H,32,34)(H,33,36). The molecule has 182 valence electrons. The molecule has 0 spiro atoms. The average molecular weight is 493 g/mol. The number of carbonyl (C=O) groups excluding carboxylic acids is 1. The molecule has 0 bridgehead atoms. The van der Waals surface area contributed by atoms with E-state index in [0.29, 0.717) is 16.9 Å². The number of aromatic amines is 1. The second kappa shape index (κ2) is 8.95. The average Bonchev–Trinajstić information content (AvgIpc) is 3.31. The van der Waals surface area contributed by atoms with Crippen LogP contribution in [0.15, 0.2) is 89.2 Å². The van der Waals surface area contributed by atoms with Crippen LogP contribution >= 0.6 is 0 Å². The summed E-state index contributed by atoms with van der Waals surface area (Å²) in [6.07, 6.45) is -2.89. The van der Waals surface area contributed by atoms with Crippen LogP contribution in [0.4, 0.5) is 23.2 Å². The highest BCUT2D eigenvalue weighted by molar-refractivity contribution is 6.09. The molecule has 4 aromatic rings. The number of aliphatic imine (C=N–C) groups is 1. The van der Waals surface area contributed by atoms with Crippen molar-refractivity contribution in [3.63, 3.8) is 0 Å². The minimum absolute atomic E-state index is 0.171. The number of amides is 1. The monoisotopic (exact) mass is 493 g/mol. The molecule has 3 aromatic carbocycles. The van der Waals surface area contributed by atoms with Crippen LogP contribution in [0.3, 0.4) is 0 Å². The Bertz CT molecular complexity index is 1520. The molecular weight excluding hydrogens is 474 g/mol. The van der Waals surface area contributed by atoms with Crippen LogP contribution in [0.25, 0.3) is 10.9 Å². The summed E-state index contributed by atoms with van der Waals surface area (Å²) in [6.45, 7) is 1.65. The maximum Gasteiger partial charge on any atom is 0.416 e. The number of rotatable bonds is 4. The number of anilines is 1. The highest BCUT2D eigenvalue weighted by Gasteiger charge is 2.33. The summed E-state index contributed by atoms with van der Waals surface area (Å²) in [5.41, 5.74) is 1.90. The van der Waals surface area contributed by atoms with E-state index in [1.807, 2.05) is 0 Å². The van der Waals surface area contributed by atoms with E-state index in [2.05, 4.69) is 25.8 Å². The highest BCUT2D eigenvalue weighted by Crippen LogP contribution is 2.34. The first-order chi connectivity index (χ1) is 17.2. The molecule has 2 heterocycles. The maximum absolute atomic E-state index is 13.6. The number of aromatic nitrogens is 2. The van der Waals surface area contributed by atoms with Crippen molar-refractivity contribution in [2.75, 3.05) is 5.32 Å². The zero-order chi connectivity index (χ0) is 25.4. The van der Waals surface area contributed by atoms with E-state index in [1.165, 1.54) is 36.4 Å². The number of H-pyrrole nitrogens is 1. The quantitative estimate of drug-likeness (QED) is 0.318. The van der Waals surface area contributed by atoms with Crippen molar-refractivity contribution in [3.8, 4) is 0 Å². The normalized spacial score (nSPS) is 16.0. The summed E-state index contributed by atoms with van der Waals surface area (Å²) in [6, 6.07) is 14.6. The van der Waals surface area contributed by atoms with Crippen molar-refractivity contribution >= 4 is 28.3 Å². The van der Waals surface area contributed by atoms with Crippen molar-refractivity contribution in [2.45, 2.75) is 19.1 Å². The van der Waals surface area contributed by atoms with E-state index >= 15 is 0 Å². The number of alkyl halides is 3. The molecule has 1 aliphatic heterocycles. The fourth-order valence-electron chi connectivity index (χ4n) is 4.07. The van der Waals surface area contributed by atoms with Gasteiger partial charge in [-0.1, -0.05) is 24.3 Å². The van der Waals surface area contributed by atoms with Gasteiger partial charge in [0, 0.05) is 22.3 Å². The molecule has 0 aliphatic carbocycles. The molecule has 1 aliphatic rings. The number of halogens is 4. The van der Waals surface area contributed by atoms with E-state index in [4.69, 9.17) is 0 Å². The van der Waals surface area contributed by atoms with Gasteiger partial charge in [-0.3, -0.25) is 14.9 Å². The van der Waals surface area contributed by atoms with Gasteiger partial charge in [0.05, 0.1) is 22.9 Å². The summed E-state index contributed by atoms with van der Waals surface area (Å²) in [4.78, 5) is 18.0. The summed E-state index contributed by atoms with van der Waals surface area (Å²) in [5, 5.41) is 13.4. The van der Waals surface area contributed by atoms with Gasteiger partial charge in [-0.15, -0.1) is 0 Å². The Labute approximate surface area is 202 Å². The van der Waals surface area contributed by atoms with Crippen LogP contribution in [-0.2, 0) is 11.0 Å². The highest BCUT2D eigenvalue weighted by atomic mass is 19.4. The summed E-state index contributed by atoms with van der Waals surface area (Å²) in [7, 11) is 0. The molecule has 0 saturated heterocycles. The Hall–Kier alpha value is -4.47. The van der Waals surface area contributed by atoms with Crippen LogP contribution < -0.4 is 10.6 Å². The number of benzene rings is 3. The molecule has 3 N–H and O–H groups in total. The van der Waals surface area contributed by atoms with E-state index in [9.17, 15) is 22.4 Å². The minimum atomic E-state index is -4.52. The third-order valence-electron chi connectivity index (χ3n) is 5.83.